The van der Waals surface area contributed by atoms with Crippen molar-refractivity contribution in [3.05, 3.63) is 46.2 Å². The summed E-state index contributed by atoms with van der Waals surface area (Å²) in [5, 5.41) is 11.6. The zero-order valence-electron chi connectivity index (χ0n) is 11.2. The van der Waals surface area contributed by atoms with Crippen LogP contribution in [0, 0.1) is 18.3 Å². The number of aromatic nitrogens is 2. The second kappa shape index (κ2) is 6.92. The second-order valence-corrected chi connectivity index (χ2v) is 5.42. The molecule has 1 atom stereocenters. The van der Waals surface area contributed by atoms with Crippen molar-refractivity contribution in [2.45, 2.75) is 32.1 Å². The van der Waals surface area contributed by atoms with Crippen molar-refractivity contribution in [3.63, 3.8) is 0 Å². The third-order valence-corrected chi connectivity index (χ3v) is 3.94. The minimum Gasteiger partial charge on any atom is -0.298 e. The van der Waals surface area contributed by atoms with Gasteiger partial charge in [0.2, 0.25) is 0 Å². The summed E-state index contributed by atoms with van der Waals surface area (Å²) in [6.45, 7) is 1.86. The molecule has 20 heavy (non-hydrogen) atoms. The van der Waals surface area contributed by atoms with Gasteiger partial charge in [0.15, 0.2) is 11.7 Å². The molecule has 0 fully saturated rings. The molecular formula is C15H15N3OS. The number of hydrogen-bond acceptors (Lipinski definition) is 5. The number of pyridine rings is 1. The van der Waals surface area contributed by atoms with Crippen LogP contribution < -0.4 is 0 Å². The van der Waals surface area contributed by atoms with E-state index in [9.17, 15) is 4.79 Å². The van der Waals surface area contributed by atoms with Crippen LogP contribution in [-0.4, -0.2) is 15.8 Å². The molecule has 0 saturated carbocycles. The highest BCUT2D eigenvalue weighted by molar-refractivity contribution is 7.09. The van der Waals surface area contributed by atoms with Crippen LogP contribution in [0.25, 0.3) is 0 Å². The maximum Gasteiger partial charge on any atom is 0.156 e. The molecule has 0 aliphatic carbocycles. The quantitative estimate of drug-likeness (QED) is 0.818. The summed E-state index contributed by atoms with van der Waals surface area (Å²) in [6, 6.07) is 7.80. The fourth-order valence-electron chi connectivity index (χ4n) is 1.90. The van der Waals surface area contributed by atoms with Crippen LogP contribution in [0.2, 0.25) is 0 Å². The molecule has 0 amide bonds. The number of nitrogens with zero attached hydrogens (tertiary/aromatic N) is 3. The molecule has 2 aromatic rings. The van der Waals surface area contributed by atoms with E-state index in [1.165, 1.54) is 11.3 Å². The minimum absolute atomic E-state index is 0.0576. The monoisotopic (exact) mass is 285 g/mol. The summed E-state index contributed by atoms with van der Waals surface area (Å²) in [4.78, 5) is 20.5. The Labute approximate surface area is 122 Å². The molecule has 4 nitrogen and oxygen atoms in total. The first-order valence-electron chi connectivity index (χ1n) is 6.45. The van der Waals surface area contributed by atoms with Gasteiger partial charge in [0.25, 0.3) is 0 Å². The Morgan fingerprint density at radius 2 is 2.35 bits per heavy atom. The van der Waals surface area contributed by atoms with Gasteiger partial charge in [0.1, 0.15) is 5.01 Å². The number of Topliss-reactive ketones (excluding diaryl/α,β-unsaturated/α-hetero) is 1. The van der Waals surface area contributed by atoms with E-state index >= 15 is 0 Å². The zero-order chi connectivity index (χ0) is 14.4. The lowest BCUT2D eigenvalue weighted by Gasteiger charge is -2.05. The Hall–Kier alpha value is -2.06. The summed E-state index contributed by atoms with van der Waals surface area (Å²) in [7, 11) is 0. The van der Waals surface area contributed by atoms with Gasteiger partial charge in [-0.15, -0.1) is 11.3 Å². The van der Waals surface area contributed by atoms with Crippen molar-refractivity contribution in [1.82, 2.24) is 9.97 Å². The fourth-order valence-corrected chi connectivity index (χ4v) is 2.76. The first-order valence-corrected chi connectivity index (χ1v) is 7.33. The lowest BCUT2D eigenvalue weighted by molar-refractivity contribution is -0.119. The summed E-state index contributed by atoms with van der Waals surface area (Å²) in [5.74, 6) is -0.782. The molecule has 0 aliphatic rings. The Morgan fingerprint density at radius 1 is 1.50 bits per heavy atom. The van der Waals surface area contributed by atoms with E-state index in [0.29, 0.717) is 17.8 Å². The second-order valence-electron chi connectivity index (χ2n) is 4.53. The Morgan fingerprint density at radius 3 is 2.95 bits per heavy atom. The van der Waals surface area contributed by atoms with Gasteiger partial charge < -0.3 is 0 Å². The molecule has 5 heteroatoms. The van der Waals surface area contributed by atoms with E-state index < -0.39 is 5.92 Å². The summed E-state index contributed by atoms with van der Waals surface area (Å²) >= 11 is 1.37. The van der Waals surface area contributed by atoms with E-state index in [0.717, 1.165) is 17.8 Å². The molecule has 0 N–H and O–H groups in total. The molecular weight excluding hydrogens is 270 g/mol. The van der Waals surface area contributed by atoms with E-state index in [2.05, 4.69) is 16.0 Å². The maximum absolute atomic E-state index is 12.1. The number of rotatable bonds is 6. The number of carbonyl (C=O) groups excluding carboxylic acids is 1. The largest absolute Gasteiger partial charge is 0.298 e. The Kier molecular flexibility index (Phi) is 4.97. The van der Waals surface area contributed by atoms with Crippen LogP contribution in [0.5, 0.6) is 0 Å². The number of nitriles is 1. The lowest BCUT2D eigenvalue weighted by Crippen LogP contribution is -2.11. The molecule has 0 spiro atoms. The van der Waals surface area contributed by atoms with Gasteiger partial charge in [-0.3, -0.25) is 9.78 Å². The normalized spacial score (nSPS) is 11.8. The van der Waals surface area contributed by atoms with Crippen LogP contribution in [-0.2, 0) is 11.2 Å². The van der Waals surface area contributed by atoms with Gasteiger partial charge in [-0.1, -0.05) is 6.07 Å². The molecule has 102 valence electrons. The molecule has 0 saturated heterocycles. The highest BCUT2D eigenvalue weighted by Gasteiger charge is 2.22. The fraction of sp³-hybridized carbons (Fsp3) is 0.333. The van der Waals surface area contributed by atoms with Crippen LogP contribution >= 0.6 is 11.3 Å². The predicted molar refractivity (Wildman–Crippen MR) is 77.4 cm³/mol. The number of thiazole rings is 1. The van der Waals surface area contributed by atoms with Crippen LogP contribution in [0.3, 0.4) is 0 Å². The van der Waals surface area contributed by atoms with Crippen LogP contribution in [0.4, 0.5) is 0 Å². The van der Waals surface area contributed by atoms with E-state index in [4.69, 9.17) is 5.26 Å². The first-order chi connectivity index (χ1) is 9.70. The topological polar surface area (TPSA) is 66.6 Å². The van der Waals surface area contributed by atoms with Gasteiger partial charge in [0.05, 0.1) is 6.07 Å². The average molecular weight is 285 g/mol. The number of ketones is 1. The third kappa shape index (κ3) is 3.72. The summed E-state index contributed by atoms with van der Waals surface area (Å²) < 4.78 is 0. The molecule has 0 bridgehead atoms. The predicted octanol–water partition coefficient (Wildman–Crippen LogP) is 3.05. The molecule has 2 rings (SSSR count). The molecule has 0 aromatic carbocycles. The SMILES string of the molecule is Cc1csc([C@@H](C#N)C(=O)CCCc2ccccn2)n1. The van der Waals surface area contributed by atoms with Crippen molar-refractivity contribution in [1.29, 1.82) is 5.26 Å². The van der Waals surface area contributed by atoms with E-state index in [-0.39, 0.29) is 5.78 Å². The van der Waals surface area contributed by atoms with Crippen LogP contribution in [0.15, 0.2) is 29.8 Å². The smallest absolute Gasteiger partial charge is 0.156 e. The van der Waals surface area contributed by atoms with Crippen LogP contribution in [0.1, 0.15) is 35.2 Å². The van der Waals surface area contributed by atoms with Gasteiger partial charge in [-0.25, -0.2) is 4.98 Å². The Bertz CT molecular complexity index is 616. The molecule has 2 aromatic heterocycles. The highest BCUT2D eigenvalue weighted by atomic mass is 32.1. The van der Waals surface area contributed by atoms with Crippen molar-refractivity contribution in [3.8, 4) is 6.07 Å². The van der Waals surface area contributed by atoms with Crippen molar-refractivity contribution < 1.29 is 4.79 Å². The number of aryl methyl sites for hydroxylation is 2. The maximum atomic E-state index is 12.1. The molecule has 0 unspecified atom stereocenters. The van der Waals surface area contributed by atoms with Crippen molar-refractivity contribution in [2.75, 3.05) is 0 Å². The highest BCUT2D eigenvalue weighted by Crippen LogP contribution is 2.22. The van der Waals surface area contributed by atoms with Gasteiger partial charge in [-0.05, 0) is 31.9 Å². The standard InChI is InChI=1S/C15H15N3OS/c1-11-10-20-15(18-11)13(9-16)14(19)7-4-6-12-5-2-3-8-17-12/h2-3,5,8,10,13H,4,6-7H2,1H3/t13-/m0/s1. The minimum atomic E-state index is -0.725. The zero-order valence-corrected chi connectivity index (χ0v) is 12.1. The van der Waals surface area contributed by atoms with E-state index in [1.807, 2.05) is 30.5 Å². The molecule has 0 radical (unpaired) electrons. The number of hydrogen-bond donors (Lipinski definition) is 0. The van der Waals surface area contributed by atoms with Gasteiger partial charge in [0, 0.05) is 29.4 Å². The summed E-state index contributed by atoms with van der Waals surface area (Å²) in [5.41, 5.74) is 1.82. The van der Waals surface area contributed by atoms with Crippen molar-refractivity contribution >= 4 is 17.1 Å². The Balaban J connectivity index is 1.89. The summed E-state index contributed by atoms with van der Waals surface area (Å²) in [6.07, 6.45) is 3.58. The molecule has 0 aliphatic heterocycles. The first kappa shape index (κ1) is 14.4. The number of carbonyl (C=O) groups is 1. The lowest BCUT2D eigenvalue weighted by atomic mass is 10.0. The van der Waals surface area contributed by atoms with E-state index in [1.54, 1.807) is 6.20 Å². The van der Waals surface area contributed by atoms with Gasteiger partial charge in [-0.2, -0.15) is 5.26 Å². The third-order valence-electron chi connectivity index (χ3n) is 2.92. The van der Waals surface area contributed by atoms with Gasteiger partial charge >= 0.3 is 0 Å². The van der Waals surface area contributed by atoms with Crippen molar-refractivity contribution in [2.24, 2.45) is 0 Å². The average Bonchev–Trinajstić information content (AvgIpc) is 2.87. The molecule has 2 heterocycles.